The van der Waals surface area contributed by atoms with Crippen LogP contribution in [0.1, 0.15) is 28.9 Å². The summed E-state index contributed by atoms with van der Waals surface area (Å²) < 4.78 is 0. The summed E-state index contributed by atoms with van der Waals surface area (Å²) in [5, 5.41) is 2.04. The molecule has 0 aromatic carbocycles. The van der Waals surface area contributed by atoms with E-state index in [-0.39, 0.29) is 11.2 Å². The quantitative estimate of drug-likeness (QED) is 0.646. The van der Waals surface area contributed by atoms with Crippen molar-refractivity contribution >= 4 is 29.7 Å². The van der Waals surface area contributed by atoms with Gasteiger partial charge in [0.05, 0.1) is 10.3 Å². The maximum Gasteiger partial charge on any atom is 0.175 e. The van der Waals surface area contributed by atoms with Crippen LogP contribution in [-0.2, 0) is 0 Å². The van der Waals surface area contributed by atoms with E-state index >= 15 is 0 Å². The molecule has 2 nitrogen and oxygen atoms in total. The second-order valence-corrected chi connectivity index (χ2v) is 5.37. The molecular formula is C11H15NOS2. The molecule has 1 unspecified atom stereocenters. The molecule has 1 aromatic rings. The Morgan fingerprint density at radius 1 is 1.53 bits per heavy atom. The maximum atomic E-state index is 11.8. The lowest BCUT2D eigenvalue weighted by Gasteiger charge is -2.21. The third-order valence-electron chi connectivity index (χ3n) is 2.73. The first-order chi connectivity index (χ1) is 7.27. The van der Waals surface area contributed by atoms with Crippen molar-refractivity contribution in [3.8, 4) is 0 Å². The Hall–Kier alpha value is -0.320. The number of nitrogens with zero attached hydrogens (tertiary/aromatic N) is 1. The second kappa shape index (κ2) is 5.14. The van der Waals surface area contributed by atoms with E-state index in [4.69, 9.17) is 0 Å². The predicted molar refractivity (Wildman–Crippen MR) is 66.8 cm³/mol. The van der Waals surface area contributed by atoms with E-state index in [1.807, 2.05) is 17.5 Å². The highest BCUT2D eigenvalue weighted by Crippen LogP contribution is 2.20. The summed E-state index contributed by atoms with van der Waals surface area (Å²) in [7, 11) is 0. The first-order valence-corrected chi connectivity index (χ1v) is 6.66. The molecular weight excluding hydrogens is 226 g/mol. The van der Waals surface area contributed by atoms with Gasteiger partial charge < -0.3 is 0 Å². The fraction of sp³-hybridized carbons (Fsp3) is 0.545. The van der Waals surface area contributed by atoms with Crippen molar-refractivity contribution in [2.75, 3.05) is 13.1 Å². The van der Waals surface area contributed by atoms with Crippen LogP contribution in [0.2, 0.25) is 0 Å². The number of hydrogen-bond donors (Lipinski definition) is 1. The van der Waals surface area contributed by atoms with E-state index in [9.17, 15) is 4.79 Å². The first kappa shape index (κ1) is 11.2. The number of ketones is 1. The Balaban J connectivity index is 1.88. The van der Waals surface area contributed by atoms with Crippen LogP contribution in [0, 0.1) is 0 Å². The summed E-state index contributed by atoms with van der Waals surface area (Å²) in [5.74, 6) is 0.219. The van der Waals surface area contributed by atoms with Crippen molar-refractivity contribution in [3.63, 3.8) is 0 Å². The molecule has 0 saturated carbocycles. The molecule has 1 fully saturated rings. The zero-order valence-electron chi connectivity index (χ0n) is 8.56. The van der Waals surface area contributed by atoms with E-state index in [1.54, 1.807) is 0 Å². The minimum Gasteiger partial charge on any atom is -0.293 e. The van der Waals surface area contributed by atoms with Gasteiger partial charge in [-0.3, -0.25) is 9.69 Å². The highest BCUT2D eigenvalue weighted by molar-refractivity contribution is 7.80. The lowest BCUT2D eigenvalue weighted by atomic mass is 10.2. The fourth-order valence-electron chi connectivity index (χ4n) is 1.87. The van der Waals surface area contributed by atoms with Crippen LogP contribution in [0.15, 0.2) is 17.5 Å². The van der Waals surface area contributed by atoms with Crippen LogP contribution in [0.4, 0.5) is 0 Å². The van der Waals surface area contributed by atoms with E-state index in [0.717, 1.165) is 18.0 Å². The number of rotatable bonds is 4. The molecule has 0 bridgehead atoms. The number of carbonyl (C=O) groups is 1. The molecule has 2 rings (SSSR count). The summed E-state index contributed by atoms with van der Waals surface area (Å²) in [4.78, 5) is 14.9. The van der Waals surface area contributed by atoms with Crippen LogP contribution < -0.4 is 0 Å². The van der Waals surface area contributed by atoms with Crippen LogP contribution in [-0.4, -0.2) is 29.1 Å². The molecule has 0 radical (unpaired) electrons. The predicted octanol–water partition coefficient (Wildman–Crippen LogP) is 2.67. The van der Waals surface area contributed by atoms with Gasteiger partial charge >= 0.3 is 0 Å². The molecule has 0 N–H and O–H groups in total. The maximum absolute atomic E-state index is 11.8. The summed E-state index contributed by atoms with van der Waals surface area (Å²) in [5.41, 5.74) is 0. The van der Waals surface area contributed by atoms with Gasteiger partial charge in [-0.2, -0.15) is 12.6 Å². The third-order valence-corrected chi connectivity index (χ3v) is 4.15. The third kappa shape index (κ3) is 2.83. The number of likely N-dealkylation sites (tertiary alicyclic amines) is 1. The van der Waals surface area contributed by atoms with Gasteiger partial charge in [0, 0.05) is 6.42 Å². The monoisotopic (exact) mass is 241 g/mol. The van der Waals surface area contributed by atoms with E-state index in [2.05, 4.69) is 17.5 Å². The summed E-state index contributed by atoms with van der Waals surface area (Å²) in [6.45, 7) is 2.18. The van der Waals surface area contributed by atoms with Crippen LogP contribution in [0.5, 0.6) is 0 Å². The van der Waals surface area contributed by atoms with Crippen molar-refractivity contribution < 1.29 is 4.79 Å². The molecule has 1 aliphatic heterocycles. The highest BCUT2D eigenvalue weighted by atomic mass is 32.1. The Morgan fingerprint density at radius 3 is 2.87 bits per heavy atom. The van der Waals surface area contributed by atoms with Gasteiger partial charge in [-0.25, -0.2) is 0 Å². The molecule has 2 heterocycles. The summed E-state index contributed by atoms with van der Waals surface area (Å²) >= 11 is 6.02. The largest absolute Gasteiger partial charge is 0.293 e. The van der Waals surface area contributed by atoms with Gasteiger partial charge in [0.2, 0.25) is 0 Å². The van der Waals surface area contributed by atoms with Crippen LogP contribution >= 0.6 is 24.0 Å². The van der Waals surface area contributed by atoms with Crippen molar-refractivity contribution in [3.05, 3.63) is 22.4 Å². The zero-order chi connectivity index (χ0) is 10.7. The number of carbonyl (C=O) groups excluding carboxylic acids is 1. The molecule has 1 atom stereocenters. The summed E-state index contributed by atoms with van der Waals surface area (Å²) in [6.07, 6.45) is 3.01. The van der Waals surface area contributed by atoms with Gasteiger partial charge in [-0.05, 0) is 37.4 Å². The van der Waals surface area contributed by atoms with Crippen LogP contribution in [0.3, 0.4) is 0 Å². The van der Waals surface area contributed by atoms with Gasteiger partial charge in [0.25, 0.3) is 0 Å². The van der Waals surface area contributed by atoms with Crippen molar-refractivity contribution in [1.82, 2.24) is 4.90 Å². The topological polar surface area (TPSA) is 20.3 Å². The van der Waals surface area contributed by atoms with Gasteiger partial charge in [0.1, 0.15) is 0 Å². The van der Waals surface area contributed by atoms with E-state index < -0.39 is 0 Å². The molecule has 0 spiro atoms. The lowest BCUT2D eigenvalue weighted by molar-refractivity contribution is 0.0966. The Morgan fingerprint density at radius 2 is 2.27 bits per heavy atom. The summed E-state index contributed by atoms with van der Waals surface area (Å²) in [6, 6.07) is 3.80. The first-order valence-electron chi connectivity index (χ1n) is 5.26. The average Bonchev–Trinajstić information content (AvgIpc) is 2.91. The smallest absolute Gasteiger partial charge is 0.175 e. The minimum absolute atomic E-state index is 0.0992. The molecule has 82 valence electrons. The van der Waals surface area contributed by atoms with Gasteiger partial charge in [-0.1, -0.05) is 6.07 Å². The Kier molecular flexibility index (Phi) is 3.83. The highest BCUT2D eigenvalue weighted by Gasteiger charge is 2.21. The van der Waals surface area contributed by atoms with Crippen molar-refractivity contribution in [1.29, 1.82) is 0 Å². The van der Waals surface area contributed by atoms with E-state index in [0.29, 0.717) is 6.42 Å². The molecule has 1 aliphatic rings. The zero-order valence-corrected chi connectivity index (χ0v) is 10.3. The van der Waals surface area contributed by atoms with Gasteiger partial charge in [0.15, 0.2) is 5.78 Å². The standard InChI is InChI=1S/C11H15NOS2/c13-9(10-4-3-7-15-10)8-11(14)12-5-1-2-6-12/h3-4,7,11,14H,1-2,5-6,8H2. The average molecular weight is 241 g/mol. The number of hydrogen-bond acceptors (Lipinski definition) is 4. The van der Waals surface area contributed by atoms with E-state index in [1.165, 1.54) is 24.2 Å². The van der Waals surface area contributed by atoms with Crippen molar-refractivity contribution in [2.24, 2.45) is 0 Å². The Labute approximate surface area is 99.7 Å². The fourth-order valence-corrected chi connectivity index (χ4v) is 2.94. The number of Topliss-reactive ketones (excluding diaryl/α,β-unsaturated/α-hetero) is 1. The lowest BCUT2D eigenvalue weighted by Crippen LogP contribution is -2.30. The molecule has 1 aromatic heterocycles. The molecule has 15 heavy (non-hydrogen) atoms. The SMILES string of the molecule is O=C(CC(S)N1CCCC1)c1cccs1. The second-order valence-electron chi connectivity index (χ2n) is 3.83. The number of thiophene rings is 1. The van der Waals surface area contributed by atoms with Crippen molar-refractivity contribution in [2.45, 2.75) is 24.6 Å². The molecule has 0 aliphatic carbocycles. The number of thiol groups is 1. The normalized spacial score (nSPS) is 19.3. The molecule has 0 amide bonds. The van der Waals surface area contributed by atoms with Gasteiger partial charge in [-0.15, -0.1) is 11.3 Å². The van der Waals surface area contributed by atoms with Crippen LogP contribution in [0.25, 0.3) is 0 Å². The molecule has 1 saturated heterocycles. The molecule has 4 heteroatoms. The minimum atomic E-state index is 0.0992. The Bertz CT molecular complexity index is 317.